The van der Waals surface area contributed by atoms with E-state index in [1.165, 1.54) is 0 Å². The minimum atomic E-state index is -1.47. The fourth-order valence-corrected chi connectivity index (χ4v) is 3.20. The highest BCUT2D eigenvalue weighted by Gasteiger charge is 2.29. The minimum Gasteiger partial charge on any atom is -0.494 e. The van der Waals surface area contributed by atoms with Crippen LogP contribution in [0.3, 0.4) is 0 Å². The topological polar surface area (TPSA) is 41.9 Å². The molecule has 1 atom stereocenters. The predicted molar refractivity (Wildman–Crippen MR) is 108 cm³/mol. The van der Waals surface area contributed by atoms with E-state index in [1.54, 1.807) is 0 Å². The van der Waals surface area contributed by atoms with Gasteiger partial charge in [0.1, 0.15) is 5.75 Å². The molecule has 3 rings (SSSR count). The van der Waals surface area contributed by atoms with Crippen molar-refractivity contribution in [1.29, 1.82) is 0 Å². The number of hydrogen-bond acceptors (Lipinski definition) is 4. The molecule has 1 aliphatic rings. The van der Waals surface area contributed by atoms with Crippen molar-refractivity contribution in [3.63, 3.8) is 0 Å². The number of unbranched alkanes of at least 4 members (excludes halogenated alkanes) is 1. The van der Waals surface area contributed by atoms with Crippen molar-refractivity contribution in [2.45, 2.75) is 25.4 Å². The average molecular weight is 365 g/mol. The smallest absolute Gasteiger partial charge is 0.176 e. The third-order valence-corrected chi connectivity index (χ3v) is 4.91. The Morgan fingerprint density at radius 1 is 1.07 bits per heavy atom. The Hall–Kier alpha value is -2.48. The number of morpholine rings is 1. The van der Waals surface area contributed by atoms with Crippen LogP contribution >= 0.6 is 0 Å². The minimum absolute atomic E-state index is 0.659. The highest BCUT2D eigenvalue weighted by molar-refractivity contribution is 5.52. The first-order valence-electron chi connectivity index (χ1n) is 9.54. The summed E-state index contributed by atoms with van der Waals surface area (Å²) in [5.74, 6) is 3.35. The SMILES string of the molecule is C#CC(O)(c1ccc(OCCCC)cc1)c1ccc(N2CCOCC2)cc1. The van der Waals surface area contributed by atoms with Crippen molar-refractivity contribution in [3.05, 3.63) is 59.7 Å². The van der Waals surface area contributed by atoms with Crippen molar-refractivity contribution in [1.82, 2.24) is 0 Å². The molecule has 1 saturated heterocycles. The van der Waals surface area contributed by atoms with E-state index in [1.807, 2.05) is 48.5 Å². The fourth-order valence-electron chi connectivity index (χ4n) is 3.20. The maximum atomic E-state index is 11.2. The molecule has 1 N–H and O–H groups in total. The summed E-state index contributed by atoms with van der Waals surface area (Å²) in [5.41, 5.74) is 0.987. The van der Waals surface area contributed by atoms with Crippen molar-refractivity contribution >= 4 is 5.69 Å². The molecule has 0 amide bonds. The van der Waals surface area contributed by atoms with Gasteiger partial charge in [0.15, 0.2) is 5.60 Å². The largest absolute Gasteiger partial charge is 0.494 e. The van der Waals surface area contributed by atoms with E-state index in [9.17, 15) is 5.11 Å². The molecule has 1 heterocycles. The summed E-state index contributed by atoms with van der Waals surface area (Å²) in [4.78, 5) is 2.27. The molecule has 1 aliphatic heterocycles. The zero-order valence-corrected chi connectivity index (χ0v) is 15.9. The van der Waals surface area contributed by atoms with Gasteiger partial charge in [0.2, 0.25) is 0 Å². The molecule has 0 aliphatic carbocycles. The molecule has 1 unspecified atom stereocenters. The third-order valence-electron chi connectivity index (χ3n) is 4.91. The van der Waals surface area contributed by atoms with Crippen molar-refractivity contribution in [2.75, 3.05) is 37.8 Å². The van der Waals surface area contributed by atoms with Crippen molar-refractivity contribution in [2.24, 2.45) is 0 Å². The average Bonchev–Trinajstić information content (AvgIpc) is 2.74. The number of benzene rings is 2. The third kappa shape index (κ3) is 4.44. The van der Waals surface area contributed by atoms with Gasteiger partial charge in [0.25, 0.3) is 0 Å². The Bertz CT molecular complexity index is 758. The van der Waals surface area contributed by atoms with E-state index < -0.39 is 5.60 Å². The van der Waals surface area contributed by atoms with Crippen molar-refractivity contribution in [3.8, 4) is 18.1 Å². The molecule has 0 saturated carbocycles. The second-order valence-corrected chi connectivity index (χ2v) is 6.73. The van der Waals surface area contributed by atoms with Crippen LogP contribution < -0.4 is 9.64 Å². The summed E-state index contributed by atoms with van der Waals surface area (Å²) in [6, 6.07) is 15.2. The molecule has 142 valence electrons. The fraction of sp³-hybridized carbons (Fsp3) is 0.391. The van der Waals surface area contributed by atoms with Gasteiger partial charge in [-0.3, -0.25) is 0 Å². The summed E-state index contributed by atoms with van der Waals surface area (Å²) in [6.45, 7) is 6.05. The molecule has 0 spiro atoms. The van der Waals surface area contributed by atoms with Crippen LogP contribution in [0.4, 0.5) is 5.69 Å². The van der Waals surface area contributed by atoms with Gasteiger partial charge in [-0.25, -0.2) is 0 Å². The molecule has 27 heavy (non-hydrogen) atoms. The van der Waals surface area contributed by atoms with Gasteiger partial charge in [-0.2, -0.15) is 0 Å². The van der Waals surface area contributed by atoms with Crippen LogP contribution in [0.2, 0.25) is 0 Å². The summed E-state index contributed by atoms with van der Waals surface area (Å²) in [7, 11) is 0. The van der Waals surface area contributed by atoms with Crippen LogP contribution in [0.15, 0.2) is 48.5 Å². The van der Waals surface area contributed by atoms with E-state index in [4.69, 9.17) is 15.9 Å². The maximum absolute atomic E-state index is 11.2. The van der Waals surface area contributed by atoms with E-state index in [0.717, 1.165) is 50.6 Å². The van der Waals surface area contributed by atoms with E-state index >= 15 is 0 Å². The predicted octanol–water partition coefficient (Wildman–Crippen LogP) is 3.57. The molecule has 4 heteroatoms. The molecule has 2 aromatic carbocycles. The zero-order chi connectivity index (χ0) is 19.1. The van der Waals surface area contributed by atoms with Crippen LogP contribution in [0, 0.1) is 12.3 Å². The Kier molecular flexibility index (Phi) is 6.39. The molecule has 0 bridgehead atoms. The second-order valence-electron chi connectivity index (χ2n) is 6.73. The maximum Gasteiger partial charge on any atom is 0.176 e. The molecular weight excluding hydrogens is 338 g/mol. The summed E-state index contributed by atoms with van der Waals surface area (Å²) in [6.07, 6.45) is 7.84. The molecule has 4 nitrogen and oxygen atoms in total. The van der Waals surface area contributed by atoms with Crippen LogP contribution in [0.5, 0.6) is 5.75 Å². The van der Waals surface area contributed by atoms with Crippen LogP contribution in [-0.4, -0.2) is 38.0 Å². The lowest BCUT2D eigenvalue weighted by molar-refractivity contribution is 0.122. The monoisotopic (exact) mass is 365 g/mol. The normalized spacial score (nSPS) is 16.4. The van der Waals surface area contributed by atoms with Crippen molar-refractivity contribution < 1.29 is 14.6 Å². The van der Waals surface area contributed by atoms with Gasteiger partial charge in [-0.15, -0.1) is 6.42 Å². The van der Waals surface area contributed by atoms with Gasteiger partial charge < -0.3 is 19.5 Å². The number of aliphatic hydroxyl groups is 1. The lowest BCUT2D eigenvalue weighted by Gasteiger charge is -2.30. The second kappa shape index (κ2) is 8.94. The van der Waals surface area contributed by atoms with Crippen LogP contribution in [0.1, 0.15) is 30.9 Å². The van der Waals surface area contributed by atoms with E-state index in [0.29, 0.717) is 17.7 Å². The van der Waals surface area contributed by atoms with Crippen LogP contribution in [0.25, 0.3) is 0 Å². The van der Waals surface area contributed by atoms with Gasteiger partial charge in [-0.05, 0) is 30.7 Å². The highest BCUT2D eigenvalue weighted by Crippen LogP contribution is 2.31. The summed E-state index contributed by atoms with van der Waals surface area (Å²) < 4.78 is 11.1. The van der Waals surface area contributed by atoms with Gasteiger partial charge in [0, 0.05) is 29.9 Å². The number of hydrogen-bond donors (Lipinski definition) is 1. The van der Waals surface area contributed by atoms with Gasteiger partial charge in [0.05, 0.1) is 19.8 Å². The number of rotatable bonds is 7. The standard InChI is InChI=1S/C23H27NO3/c1-3-5-16-27-22-12-8-20(9-13-22)23(25,4-2)19-6-10-21(11-7-19)24-14-17-26-18-15-24/h2,6-13,25H,3,5,14-18H2,1H3. The quantitative estimate of drug-likeness (QED) is 0.602. The molecule has 2 aromatic rings. The molecule has 0 radical (unpaired) electrons. The summed E-state index contributed by atoms with van der Waals surface area (Å²) >= 11 is 0. The van der Waals surface area contributed by atoms with E-state index in [-0.39, 0.29) is 0 Å². The lowest BCUT2D eigenvalue weighted by atomic mass is 9.87. The highest BCUT2D eigenvalue weighted by atomic mass is 16.5. The van der Waals surface area contributed by atoms with Gasteiger partial charge >= 0.3 is 0 Å². The first-order chi connectivity index (χ1) is 13.2. The number of ether oxygens (including phenoxy) is 2. The zero-order valence-electron chi connectivity index (χ0n) is 15.9. The number of anilines is 1. The Morgan fingerprint density at radius 3 is 2.22 bits per heavy atom. The number of nitrogens with zero attached hydrogens (tertiary/aromatic N) is 1. The summed E-state index contributed by atoms with van der Waals surface area (Å²) in [5, 5.41) is 11.2. The molecule has 1 fully saturated rings. The molecule has 0 aromatic heterocycles. The number of terminal acetylenes is 1. The Balaban J connectivity index is 1.77. The molecular formula is C23H27NO3. The Morgan fingerprint density at radius 2 is 1.67 bits per heavy atom. The van der Waals surface area contributed by atoms with E-state index in [2.05, 4.69) is 17.7 Å². The van der Waals surface area contributed by atoms with Crippen LogP contribution in [-0.2, 0) is 10.3 Å². The first kappa shape index (κ1) is 19.3. The first-order valence-corrected chi connectivity index (χ1v) is 9.54. The Labute approximate surface area is 161 Å². The lowest BCUT2D eigenvalue weighted by Crippen LogP contribution is -2.36. The van der Waals surface area contributed by atoms with Gasteiger partial charge in [-0.1, -0.05) is 43.5 Å².